The first-order valence-corrected chi connectivity index (χ1v) is 7.95. The summed E-state index contributed by atoms with van der Waals surface area (Å²) in [7, 11) is 1.69. The van der Waals surface area contributed by atoms with Crippen LogP contribution in [0.4, 0.5) is 0 Å². The summed E-state index contributed by atoms with van der Waals surface area (Å²) in [6.45, 7) is 2.17. The van der Waals surface area contributed by atoms with Gasteiger partial charge in [0.1, 0.15) is 5.75 Å². The van der Waals surface area contributed by atoms with E-state index in [1.165, 1.54) is 20.5 Å². The van der Waals surface area contributed by atoms with E-state index >= 15 is 0 Å². The predicted molar refractivity (Wildman–Crippen MR) is 90.2 cm³/mol. The summed E-state index contributed by atoms with van der Waals surface area (Å²) in [6, 6.07) is 16.8. The molecule has 1 atom stereocenters. The van der Waals surface area contributed by atoms with Gasteiger partial charge in [-0.2, -0.15) is 0 Å². The summed E-state index contributed by atoms with van der Waals surface area (Å²) in [5.41, 5.74) is 7.57. The molecule has 1 heterocycles. The lowest BCUT2D eigenvalue weighted by Gasteiger charge is -2.11. The van der Waals surface area contributed by atoms with Crippen molar-refractivity contribution >= 4 is 22.1 Å². The van der Waals surface area contributed by atoms with Crippen molar-refractivity contribution in [2.45, 2.75) is 19.4 Å². The molecule has 1 aromatic heterocycles. The van der Waals surface area contributed by atoms with E-state index in [1.807, 2.05) is 12.1 Å². The molecule has 0 fully saturated rings. The number of hydrogen-bond donors (Lipinski definition) is 1. The average molecular weight is 297 g/mol. The van der Waals surface area contributed by atoms with Crippen LogP contribution in [0.25, 0.3) is 10.8 Å². The molecule has 2 nitrogen and oxygen atoms in total. The Morgan fingerprint density at radius 3 is 2.52 bits per heavy atom. The number of rotatable bonds is 4. The topological polar surface area (TPSA) is 35.2 Å². The Morgan fingerprint density at radius 2 is 1.81 bits per heavy atom. The van der Waals surface area contributed by atoms with E-state index in [1.54, 1.807) is 18.4 Å². The van der Waals surface area contributed by atoms with Crippen LogP contribution in [0.5, 0.6) is 5.75 Å². The third-order valence-electron chi connectivity index (χ3n) is 3.77. The number of benzene rings is 2. The minimum Gasteiger partial charge on any atom is -0.497 e. The van der Waals surface area contributed by atoms with Gasteiger partial charge in [0.05, 0.1) is 13.2 Å². The fourth-order valence-electron chi connectivity index (χ4n) is 2.48. The van der Waals surface area contributed by atoms with Crippen LogP contribution in [-0.4, -0.2) is 7.11 Å². The number of methoxy groups -OCH3 is 1. The van der Waals surface area contributed by atoms with Crippen molar-refractivity contribution in [3.63, 3.8) is 0 Å². The second kappa shape index (κ2) is 5.88. The Morgan fingerprint density at radius 1 is 1.05 bits per heavy atom. The Bertz CT molecular complexity index is 763. The van der Waals surface area contributed by atoms with E-state index in [0.717, 1.165) is 17.7 Å². The lowest BCUT2D eigenvalue weighted by Crippen LogP contribution is -2.09. The summed E-state index contributed by atoms with van der Waals surface area (Å²) in [5, 5.41) is 2.36. The summed E-state index contributed by atoms with van der Waals surface area (Å²) >= 11 is 1.80. The minimum atomic E-state index is -0.0539. The molecule has 0 amide bonds. The van der Waals surface area contributed by atoms with E-state index in [2.05, 4.69) is 43.3 Å². The quantitative estimate of drug-likeness (QED) is 0.768. The SMILES string of the molecule is CCc1ccc(C(N)c2ccc3cc(OC)ccc3c2)s1. The number of fused-ring (bicyclic) bond motifs is 1. The van der Waals surface area contributed by atoms with Crippen LogP contribution in [0.15, 0.2) is 48.5 Å². The van der Waals surface area contributed by atoms with Crippen molar-refractivity contribution in [2.24, 2.45) is 5.73 Å². The van der Waals surface area contributed by atoms with E-state index in [0.29, 0.717) is 0 Å². The molecule has 0 radical (unpaired) electrons. The van der Waals surface area contributed by atoms with Gasteiger partial charge in [-0.1, -0.05) is 25.1 Å². The van der Waals surface area contributed by atoms with Crippen LogP contribution in [-0.2, 0) is 6.42 Å². The van der Waals surface area contributed by atoms with Crippen LogP contribution < -0.4 is 10.5 Å². The van der Waals surface area contributed by atoms with Crippen molar-refractivity contribution in [1.82, 2.24) is 0 Å². The highest BCUT2D eigenvalue weighted by molar-refractivity contribution is 7.12. The molecule has 0 aliphatic heterocycles. The van der Waals surface area contributed by atoms with Gasteiger partial charge in [-0.3, -0.25) is 0 Å². The Labute approximate surface area is 129 Å². The van der Waals surface area contributed by atoms with Gasteiger partial charge in [-0.15, -0.1) is 11.3 Å². The first-order valence-electron chi connectivity index (χ1n) is 7.13. The fourth-order valence-corrected chi connectivity index (χ4v) is 3.46. The van der Waals surface area contributed by atoms with Gasteiger partial charge in [-0.25, -0.2) is 0 Å². The van der Waals surface area contributed by atoms with Crippen LogP contribution in [0, 0.1) is 0 Å². The summed E-state index contributed by atoms with van der Waals surface area (Å²) in [6.07, 6.45) is 1.06. The van der Waals surface area contributed by atoms with Crippen molar-refractivity contribution in [2.75, 3.05) is 7.11 Å². The van der Waals surface area contributed by atoms with E-state index < -0.39 is 0 Å². The van der Waals surface area contributed by atoms with Crippen molar-refractivity contribution in [3.8, 4) is 5.75 Å². The summed E-state index contributed by atoms with van der Waals surface area (Å²) < 4.78 is 5.26. The van der Waals surface area contributed by atoms with Crippen molar-refractivity contribution in [3.05, 3.63) is 63.8 Å². The maximum absolute atomic E-state index is 6.42. The molecule has 1 unspecified atom stereocenters. The van der Waals surface area contributed by atoms with Crippen LogP contribution in [0.1, 0.15) is 28.3 Å². The monoisotopic (exact) mass is 297 g/mol. The third kappa shape index (κ3) is 2.80. The lowest BCUT2D eigenvalue weighted by molar-refractivity contribution is 0.415. The van der Waals surface area contributed by atoms with Gasteiger partial charge < -0.3 is 10.5 Å². The average Bonchev–Trinajstić information content (AvgIpc) is 3.02. The molecule has 3 aromatic rings. The Hall–Kier alpha value is -1.84. The number of aryl methyl sites for hydroxylation is 1. The second-order valence-electron chi connectivity index (χ2n) is 5.11. The molecule has 0 spiro atoms. The molecule has 0 bridgehead atoms. The van der Waals surface area contributed by atoms with Gasteiger partial charge in [0, 0.05) is 9.75 Å². The van der Waals surface area contributed by atoms with E-state index in [9.17, 15) is 0 Å². The molecule has 0 saturated heterocycles. The summed E-state index contributed by atoms with van der Waals surface area (Å²) in [5.74, 6) is 0.880. The third-order valence-corrected chi connectivity index (χ3v) is 5.08. The predicted octanol–water partition coefficient (Wildman–Crippen LogP) is 4.52. The maximum Gasteiger partial charge on any atom is 0.119 e. The number of thiophene rings is 1. The zero-order valence-corrected chi connectivity index (χ0v) is 13.1. The molecule has 0 aliphatic carbocycles. The highest BCUT2D eigenvalue weighted by atomic mass is 32.1. The normalized spacial score (nSPS) is 12.5. The van der Waals surface area contributed by atoms with Gasteiger partial charge in [0.2, 0.25) is 0 Å². The maximum atomic E-state index is 6.42. The number of nitrogens with two attached hydrogens (primary N) is 1. The molecule has 3 heteroatoms. The molecule has 21 heavy (non-hydrogen) atoms. The Kier molecular flexibility index (Phi) is 3.95. The van der Waals surface area contributed by atoms with Crippen LogP contribution in [0.2, 0.25) is 0 Å². The van der Waals surface area contributed by atoms with E-state index in [4.69, 9.17) is 10.5 Å². The van der Waals surface area contributed by atoms with Crippen molar-refractivity contribution in [1.29, 1.82) is 0 Å². The largest absolute Gasteiger partial charge is 0.497 e. The van der Waals surface area contributed by atoms with Crippen LogP contribution >= 0.6 is 11.3 Å². The van der Waals surface area contributed by atoms with Gasteiger partial charge in [0.25, 0.3) is 0 Å². The molecule has 2 N–H and O–H groups in total. The fraction of sp³-hybridized carbons (Fsp3) is 0.222. The standard InChI is InChI=1S/C18H19NOS/c1-3-16-8-9-17(21-16)18(19)14-5-4-13-11-15(20-2)7-6-12(13)10-14/h4-11,18H,3,19H2,1-2H3. The highest BCUT2D eigenvalue weighted by Gasteiger charge is 2.12. The molecule has 0 saturated carbocycles. The zero-order chi connectivity index (χ0) is 14.8. The first-order chi connectivity index (χ1) is 10.2. The molecule has 2 aromatic carbocycles. The highest BCUT2D eigenvalue weighted by Crippen LogP contribution is 2.30. The second-order valence-corrected chi connectivity index (χ2v) is 6.31. The lowest BCUT2D eigenvalue weighted by atomic mass is 10.0. The van der Waals surface area contributed by atoms with Crippen LogP contribution in [0.3, 0.4) is 0 Å². The van der Waals surface area contributed by atoms with Crippen molar-refractivity contribution < 1.29 is 4.74 Å². The molecule has 0 aliphatic rings. The van der Waals surface area contributed by atoms with Gasteiger partial charge in [0.15, 0.2) is 0 Å². The molecular weight excluding hydrogens is 278 g/mol. The number of hydrogen-bond acceptors (Lipinski definition) is 3. The zero-order valence-electron chi connectivity index (χ0n) is 12.3. The molecule has 3 rings (SSSR count). The van der Waals surface area contributed by atoms with Gasteiger partial charge in [-0.05, 0) is 53.1 Å². The smallest absolute Gasteiger partial charge is 0.119 e. The molecular formula is C18H19NOS. The summed E-state index contributed by atoms with van der Waals surface area (Å²) in [4.78, 5) is 2.60. The Balaban J connectivity index is 1.96. The first kappa shape index (κ1) is 14.1. The van der Waals surface area contributed by atoms with Gasteiger partial charge >= 0.3 is 0 Å². The minimum absolute atomic E-state index is 0.0539. The number of ether oxygens (including phenoxy) is 1. The van der Waals surface area contributed by atoms with E-state index in [-0.39, 0.29) is 6.04 Å². The molecule has 108 valence electrons.